The van der Waals surface area contributed by atoms with E-state index in [1.54, 1.807) is 0 Å². The van der Waals surface area contributed by atoms with E-state index >= 15 is 0 Å². The van der Waals surface area contributed by atoms with Gasteiger partial charge in [0.1, 0.15) is 0 Å². The van der Waals surface area contributed by atoms with Gasteiger partial charge in [-0.2, -0.15) is 0 Å². The lowest BCUT2D eigenvalue weighted by atomic mass is 9.75. The normalized spacial score (nSPS) is 44.2. The maximum atomic E-state index is 3.58. The minimum absolute atomic E-state index is 0.680. The average Bonchev–Trinajstić information content (AvgIpc) is 2.32. The molecule has 5 unspecified atom stereocenters. The summed E-state index contributed by atoms with van der Waals surface area (Å²) >= 11 is 0. The van der Waals surface area contributed by atoms with Crippen LogP contribution in [0.5, 0.6) is 0 Å². The third kappa shape index (κ3) is 2.89. The van der Waals surface area contributed by atoms with Crippen LogP contribution >= 0.6 is 0 Å². The van der Waals surface area contributed by atoms with Crippen molar-refractivity contribution in [1.82, 2.24) is 15.1 Å². The lowest BCUT2D eigenvalue weighted by molar-refractivity contribution is 0.0115. The van der Waals surface area contributed by atoms with Gasteiger partial charge in [-0.1, -0.05) is 13.8 Å². The van der Waals surface area contributed by atoms with Crippen molar-refractivity contribution in [2.75, 3.05) is 33.7 Å². The van der Waals surface area contributed by atoms with E-state index in [1.807, 2.05) is 0 Å². The Bertz CT molecular complexity index is 268. The molecule has 3 nitrogen and oxygen atoms in total. The summed E-state index contributed by atoms with van der Waals surface area (Å²) in [5.41, 5.74) is 0. The summed E-state index contributed by atoms with van der Waals surface area (Å²) in [6.07, 6.45) is 2.73. The van der Waals surface area contributed by atoms with Crippen molar-refractivity contribution < 1.29 is 0 Å². The first-order valence-corrected chi connectivity index (χ1v) is 7.64. The number of piperazine rings is 1. The van der Waals surface area contributed by atoms with Gasteiger partial charge in [0.15, 0.2) is 0 Å². The molecule has 1 aliphatic carbocycles. The molecule has 5 atom stereocenters. The van der Waals surface area contributed by atoms with Crippen molar-refractivity contribution in [2.24, 2.45) is 11.8 Å². The summed E-state index contributed by atoms with van der Waals surface area (Å²) < 4.78 is 0. The number of likely N-dealkylation sites (N-methyl/N-ethyl adjacent to an activating group) is 2. The van der Waals surface area contributed by atoms with Gasteiger partial charge in [0, 0.05) is 37.8 Å². The molecule has 18 heavy (non-hydrogen) atoms. The molecule has 1 N–H and O–H groups in total. The molecule has 1 heterocycles. The van der Waals surface area contributed by atoms with Crippen LogP contribution in [0.4, 0.5) is 0 Å². The number of hydrogen-bond donors (Lipinski definition) is 1. The second-order valence-corrected chi connectivity index (χ2v) is 6.76. The standard InChI is InChI=1S/C15H31N3/c1-11-8-12(2)15(14(9-11)16-4)18-7-6-17(5)13(3)10-18/h11-16H,6-10H2,1-5H3. The lowest BCUT2D eigenvalue weighted by Crippen LogP contribution is -2.61. The molecule has 2 rings (SSSR count). The van der Waals surface area contributed by atoms with Gasteiger partial charge in [-0.15, -0.1) is 0 Å². The minimum atomic E-state index is 0.680. The highest BCUT2D eigenvalue weighted by Gasteiger charge is 2.38. The summed E-state index contributed by atoms with van der Waals surface area (Å²) in [5, 5.41) is 3.58. The van der Waals surface area contributed by atoms with E-state index in [2.05, 4.69) is 50.0 Å². The van der Waals surface area contributed by atoms with Crippen molar-refractivity contribution in [2.45, 2.75) is 51.7 Å². The first kappa shape index (κ1) is 14.3. The summed E-state index contributed by atoms with van der Waals surface area (Å²) in [5.74, 6) is 1.69. The van der Waals surface area contributed by atoms with Crippen LogP contribution in [0.25, 0.3) is 0 Å². The van der Waals surface area contributed by atoms with Crippen LogP contribution in [-0.2, 0) is 0 Å². The summed E-state index contributed by atoms with van der Waals surface area (Å²) in [4.78, 5) is 5.24. The maximum absolute atomic E-state index is 3.58. The number of rotatable bonds is 2. The second-order valence-electron chi connectivity index (χ2n) is 6.76. The smallest absolute Gasteiger partial charge is 0.0276 e. The summed E-state index contributed by atoms with van der Waals surface area (Å²) in [6, 6.07) is 2.12. The van der Waals surface area contributed by atoms with E-state index in [4.69, 9.17) is 0 Å². The molecule has 0 bridgehead atoms. The van der Waals surface area contributed by atoms with Crippen LogP contribution in [0.2, 0.25) is 0 Å². The van der Waals surface area contributed by atoms with Gasteiger partial charge in [-0.25, -0.2) is 0 Å². The first-order chi connectivity index (χ1) is 8.52. The zero-order valence-corrected chi connectivity index (χ0v) is 12.8. The van der Waals surface area contributed by atoms with E-state index in [0.29, 0.717) is 12.1 Å². The third-order valence-corrected chi connectivity index (χ3v) is 5.21. The molecule has 0 aromatic rings. The van der Waals surface area contributed by atoms with Crippen molar-refractivity contribution >= 4 is 0 Å². The number of nitrogens with zero attached hydrogens (tertiary/aromatic N) is 2. The van der Waals surface area contributed by atoms with Gasteiger partial charge in [0.25, 0.3) is 0 Å². The van der Waals surface area contributed by atoms with Gasteiger partial charge >= 0.3 is 0 Å². The Hall–Kier alpha value is -0.120. The van der Waals surface area contributed by atoms with E-state index in [-0.39, 0.29) is 0 Å². The van der Waals surface area contributed by atoms with Crippen molar-refractivity contribution in [3.05, 3.63) is 0 Å². The van der Waals surface area contributed by atoms with Crippen molar-refractivity contribution in [3.8, 4) is 0 Å². The van der Waals surface area contributed by atoms with Crippen LogP contribution in [0, 0.1) is 11.8 Å². The molecule has 0 aromatic carbocycles. The fraction of sp³-hybridized carbons (Fsp3) is 1.00. The lowest BCUT2D eigenvalue weighted by Gasteiger charge is -2.49. The predicted molar refractivity (Wildman–Crippen MR) is 77.9 cm³/mol. The number of nitrogens with one attached hydrogen (secondary N) is 1. The molecule has 1 saturated heterocycles. The Kier molecular flexibility index (Phi) is 4.68. The van der Waals surface area contributed by atoms with Gasteiger partial charge < -0.3 is 10.2 Å². The van der Waals surface area contributed by atoms with Crippen LogP contribution in [0.3, 0.4) is 0 Å². The quantitative estimate of drug-likeness (QED) is 0.807. The molecule has 2 fully saturated rings. The van der Waals surface area contributed by atoms with Gasteiger partial charge in [0.2, 0.25) is 0 Å². The van der Waals surface area contributed by atoms with Gasteiger partial charge in [-0.05, 0) is 45.7 Å². The van der Waals surface area contributed by atoms with Crippen LogP contribution in [0.1, 0.15) is 33.6 Å². The molecule has 106 valence electrons. The monoisotopic (exact) mass is 253 g/mol. The van der Waals surface area contributed by atoms with E-state index in [1.165, 1.54) is 32.5 Å². The topological polar surface area (TPSA) is 18.5 Å². The molecule has 0 spiro atoms. The maximum Gasteiger partial charge on any atom is 0.0276 e. The second kappa shape index (κ2) is 5.89. The molecule has 2 aliphatic rings. The van der Waals surface area contributed by atoms with Crippen LogP contribution in [-0.4, -0.2) is 61.7 Å². The molecule has 0 aromatic heterocycles. The third-order valence-electron chi connectivity index (χ3n) is 5.21. The summed E-state index contributed by atoms with van der Waals surface area (Å²) in [7, 11) is 4.39. The fourth-order valence-corrected chi connectivity index (χ4v) is 4.09. The largest absolute Gasteiger partial charge is 0.315 e. The highest BCUT2D eigenvalue weighted by Crippen LogP contribution is 2.33. The molecular weight excluding hydrogens is 222 g/mol. The average molecular weight is 253 g/mol. The zero-order chi connectivity index (χ0) is 13.3. The van der Waals surface area contributed by atoms with Gasteiger partial charge in [0.05, 0.1) is 0 Å². The number of hydrogen-bond acceptors (Lipinski definition) is 3. The van der Waals surface area contributed by atoms with Crippen molar-refractivity contribution in [1.29, 1.82) is 0 Å². The predicted octanol–water partition coefficient (Wildman–Crippen LogP) is 1.64. The fourth-order valence-electron chi connectivity index (χ4n) is 4.09. The zero-order valence-electron chi connectivity index (χ0n) is 12.8. The molecule has 1 saturated carbocycles. The molecule has 1 aliphatic heterocycles. The van der Waals surface area contributed by atoms with Crippen LogP contribution < -0.4 is 5.32 Å². The van der Waals surface area contributed by atoms with Crippen LogP contribution in [0.15, 0.2) is 0 Å². The molecular formula is C15H31N3. The van der Waals surface area contributed by atoms with Gasteiger partial charge in [-0.3, -0.25) is 4.90 Å². The summed E-state index contributed by atoms with van der Waals surface area (Å²) in [6.45, 7) is 10.9. The van der Waals surface area contributed by atoms with E-state index < -0.39 is 0 Å². The highest BCUT2D eigenvalue weighted by molar-refractivity contribution is 4.95. The van der Waals surface area contributed by atoms with Crippen molar-refractivity contribution in [3.63, 3.8) is 0 Å². The molecule has 0 amide bonds. The molecule has 3 heteroatoms. The Morgan fingerprint density at radius 2 is 1.78 bits per heavy atom. The Labute approximate surface area is 113 Å². The Morgan fingerprint density at radius 1 is 1.06 bits per heavy atom. The minimum Gasteiger partial charge on any atom is -0.315 e. The SMILES string of the molecule is CNC1CC(C)CC(C)C1N1CCN(C)C(C)C1. The van der Waals surface area contributed by atoms with E-state index in [9.17, 15) is 0 Å². The first-order valence-electron chi connectivity index (χ1n) is 7.64. The van der Waals surface area contributed by atoms with E-state index in [0.717, 1.165) is 17.9 Å². The Balaban J connectivity index is 2.05. The highest BCUT2D eigenvalue weighted by atomic mass is 15.3. The Morgan fingerprint density at radius 3 is 2.39 bits per heavy atom. The molecule has 0 radical (unpaired) electrons.